The molecule has 1 aromatic carbocycles. The van der Waals surface area contributed by atoms with Crippen LogP contribution < -0.4 is 15.9 Å². The van der Waals surface area contributed by atoms with Crippen LogP contribution in [0.25, 0.3) is 0 Å². The lowest BCUT2D eigenvalue weighted by molar-refractivity contribution is 0.230. The van der Waals surface area contributed by atoms with Crippen LogP contribution in [0.3, 0.4) is 0 Å². The molecule has 0 aliphatic carbocycles. The summed E-state index contributed by atoms with van der Waals surface area (Å²) in [6.45, 7) is 0.761. The van der Waals surface area contributed by atoms with Crippen molar-refractivity contribution in [2.24, 2.45) is 5.73 Å². The van der Waals surface area contributed by atoms with Crippen LogP contribution in [-0.2, 0) is 11.3 Å². The maximum absolute atomic E-state index is 9.65. The van der Waals surface area contributed by atoms with Gasteiger partial charge in [-0.2, -0.15) is 0 Å². The molecule has 6 heteroatoms. The maximum atomic E-state index is 9.65. The lowest BCUT2D eigenvalue weighted by Gasteiger charge is -2.12. The van der Waals surface area contributed by atoms with E-state index in [4.69, 9.17) is 20.2 Å². The highest BCUT2D eigenvalue weighted by Gasteiger charge is 2.30. The molecule has 0 aromatic heterocycles. The first-order valence-electron chi connectivity index (χ1n) is 5.63. The standard InChI is InChI=1S/C11H16BNO4/c13-9(6-14)4-5-16-10-3-1-2-8-7-17-12(15)11(8)10/h1-3,9,14-15H,4-7,13H2/t9-/m1/s1. The minimum atomic E-state index is -0.910. The summed E-state index contributed by atoms with van der Waals surface area (Å²) in [6, 6.07) is 5.29. The maximum Gasteiger partial charge on any atom is 0.495 e. The minimum absolute atomic E-state index is 0.0536. The second-order valence-corrected chi connectivity index (χ2v) is 4.07. The SMILES string of the molecule is N[C@@H](CO)CCOc1cccc2c1B(O)OC2. The summed E-state index contributed by atoms with van der Waals surface area (Å²) in [4.78, 5) is 0. The summed E-state index contributed by atoms with van der Waals surface area (Å²) < 4.78 is 10.7. The van der Waals surface area contributed by atoms with E-state index in [2.05, 4.69) is 0 Å². The number of aliphatic hydroxyl groups is 1. The fourth-order valence-corrected chi connectivity index (χ4v) is 1.79. The van der Waals surface area contributed by atoms with Gasteiger partial charge in [0.25, 0.3) is 0 Å². The Balaban J connectivity index is 2.00. The zero-order valence-electron chi connectivity index (χ0n) is 9.50. The fraction of sp³-hybridized carbons (Fsp3) is 0.455. The van der Waals surface area contributed by atoms with E-state index in [1.807, 2.05) is 12.1 Å². The van der Waals surface area contributed by atoms with Gasteiger partial charge >= 0.3 is 7.12 Å². The van der Waals surface area contributed by atoms with Crippen molar-refractivity contribution in [2.45, 2.75) is 19.1 Å². The van der Waals surface area contributed by atoms with Crippen LogP contribution in [0.4, 0.5) is 0 Å². The van der Waals surface area contributed by atoms with Crippen LogP contribution in [0, 0.1) is 0 Å². The van der Waals surface area contributed by atoms with Crippen molar-refractivity contribution in [3.05, 3.63) is 23.8 Å². The van der Waals surface area contributed by atoms with Crippen molar-refractivity contribution < 1.29 is 19.5 Å². The first-order valence-corrected chi connectivity index (χ1v) is 5.63. The first-order chi connectivity index (χ1) is 8.22. The van der Waals surface area contributed by atoms with Crippen molar-refractivity contribution in [3.8, 4) is 5.75 Å². The highest BCUT2D eigenvalue weighted by Crippen LogP contribution is 2.18. The van der Waals surface area contributed by atoms with E-state index in [-0.39, 0.29) is 12.6 Å². The van der Waals surface area contributed by atoms with Gasteiger partial charge in [0.05, 0.1) is 19.8 Å². The Labute approximate surface area is 100 Å². The molecule has 92 valence electrons. The van der Waals surface area contributed by atoms with Gasteiger partial charge in [-0.1, -0.05) is 12.1 Å². The number of hydrogen-bond donors (Lipinski definition) is 3. The lowest BCUT2D eigenvalue weighted by Crippen LogP contribution is -2.31. The van der Waals surface area contributed by atoms with Crippen LogP contribution in [0.1, 0.15) is 12.0 Å². The van der Waals surface area contributed by atoms with Crippen molar-refractivity contribution in [2.75, 3.05) is 13.2 Å². The normalized spacial score (nSPS) is 15.8. The summed E-state index contributed by atoms with van der Waals surface area (Å²) >= 11 is 0. The number of aliphatic hydroxyl groups excluding tert-OH is 1. The first kappa shape index (κ1) is 12.4. The molecule has 1 aliphatic heterocycles. The summed E-state index contributed by atoms with van der Waals surface area (Å²) in [7, 11) is -0.910. The van der Waals surface area contributed by atoms with Crippen LogP contribution >= 0.6 is 0 Å². The van der Waals surface area contributed by atoms with Gasteiger partial charge in [0.15, 0.2) is 0 Å². The van der Waals surface area contributed by atoms with Gasteiger partial charge in [0.2, 0.25) is 0 Å². The third-order valence-corrected chi connectivity index (χ3v) is 2.78. The molecule has 1 aromatic rings. The van der Waals surface area contributed by atoms with E-state index >= 15 is 0 Å². The number of nitrogens with two attached hydrogens (primary N) is 1. The largest absolute Gasteiger partial charge is 0.495 e. The summed E-state index contributed by atoms with van der Waals surface area (Å²) in [5.74, 6) is 0.623. The number of rotatable bonds is 5. The Bertz CT molecular complexity index is 388. The number of fused-ring (bicyclic) bond motifs is 1. The Morgan fingerprint density at radius 3 is 3.12 bits per heavy atom. The highest BCUT2D eigenvalue weighted by molar-refractivity contribution is 6.62. The highest BCUT2D eigenvalue weighted by atomic mass is 16.5. The monoisotopic (exact) mass is 237 g/mol. The summed E-state index contributed by atoms with van der Waals surface area (Å²) in [5, 5.41) is 18.4. The van der Waals surface area contributed by atoms with Gasteiger partial charge in [-0.15, -0.1) is 0 Å². The molecule has 0 amide bonds. The van der Waals surface area contributed by atoms with E-state index in [1.165, 1.54) is 0 Å². The van der Waals surface area contributed by atoms with E-state index in [0.29, 0.717) is 30.8 Å². The van der Waals surface area contributed by atoms with Gasteiger partial charge < -0.3 is 25.3 Å². The third kappa shape index (κ3) is 2.78. The zero-order chi connectivity index (χ0) is 12.3. The van der Waals surface area contributed by atoms with Crippen molar-refractivity contribution >= 4 is 12.6 Å². The summed E-state index contributed by atoms with van der Waals surface area (Å²) in [5.41, 5.74) is 7.22. The zero-order valence-corrected chi connectivity index (χ0v) is 9.50. The third-order valence-electron chi connectivity index (χ3n) is 2.78. The molecule has 2 rings (SSSR count). The molecular formula is C11H16BNO4. The number of benzene rings is 1. The molecule has 0 saturated heterocycles. The molecule has 0 fully saturated rings. The van der Waals surface area contributed by atoms with Crippen LogP contribution in [-0.4, -0.2) is 36.5 Å². The lowest BCUT2D eigenvalue weighted by atomic mass is 9.79. The van der Waals surface area contributed by atoms with Crippen LogP contribution in [0.15, 0.2) is 18.2 Å². The quantitative estimate of drug-likeness (QED) is 0.571. The molecule has 17 heavy (non-hydrogen) atoms. The van der Waals surface area contributed by atoms with Gasteiger partial charge in [-0.05, 0) is 18.1 Å². The molecule has 1 aliphatic rings. The van der Waals surface area contributed by atoms with Gasteiger partial charge in [0.1, 0.15) is 5.75 Å². The Morgan fingerprint density at radius 1 is 1.53 bits per heavy atom. The predicted octanol–water partition coefficient (Wildman–Crippen LogP) is -1.01. The molecular weight excluding hydrogens is 221 g/mol. The molecule has 1 heterocycles. The molecule has 4 N–H and O–H groups in total. The minimum Gasteiger partial charge on any atom is -0.494 e. The van der Waals surface area contributed by atoms with Gasteiger partial charge in [-0.3, -0.25) is 0 Å². The van der Waals surface area contributed by atoms with E-state index in [0.717, 1.165) is 5.56 Å². The smallest absolute Gasteiger partial charge is 0.494 e. The molecule has 0 spiro atoms. The van der Waals surface area contributed by atoms with E-state index in [1.54, 1.807) is 6.07 Å². The molecule has 0 radical (unpaired) electrons. The molecule has 0 unspecified atom stereocenters. The van der Waals surface area contributed by atoms with Crippen molar-refractivity contribution in [3.63, 3.8) is 0 Å². The van der Waals surface area contributed by atoms with Crippen LogP contribution in [0.2, 0.25) is 0 Å². The van der Waals surface area contributed by atoms with Gasteiger partial charge in [0, 0.05) is 11.5 Å². The van der Waals surface area contributed by atoms with Crippen LogP contribution in [0.5, 0.6) is 5.75 Å². The Morgan fingerprint density at radius 2 is 2.35 bits per heavy atom. The van der Waals surface area contributed by atoms with Crippen molar-refractivity contribution in [1.82, 2.24) is 0 Å². The molecule has 0 bridgehead atoms. The molecule has 5 nitrogen and oxygen atoms in total. The van der Waals surface area contributed by atoms with Gasteiger partial charge in [-0.25, -0.2) is 0 Å². The second-order valence-electron chi connectivity index (χ2n) is 4.07. The van der Waals surface area contributed by atoms with E-state index in [9.17, 15) is 5.02 Å². The molecule has 1 atom stereocenters. The Kier molecular flexibility index (Phi) is 4.01. The number of ether oxygens (including phenoxy) is 1. The van der Waals surface area contributed by atoms with E-state index < -0.39 is 7.12 Å². The number of hydrogen-bond acceptors (Lipinski definition) is 5. The molecule has 0 saturated carbocycles. The average Bonchev–Trinajstić information content (AvgIpc) is 2.72. The fourth-order valence-electron chi connectivity index (χ4n) is 1.79. The topological polar surface area (TPSA) is 84.9 Å². The Hall–Kier alpha value is -1.08. The summed E-state index contributed by atoms with van der Waals surface area (Å²) in [6.07, 6.45) is 0.567. The average molecular weight is 237 g/mol. The predicted molar refractivity (Wildman–Crippen MR) is 64.0 cm³/mol. The second kappa shape index (κ2) is 5.51. The van der Waals surface area contributed by atoms with Crippen molar-refractivity contribution in [1.29, 1.82) is 0 Å².